The molecule has 1 aromatic rings. The molecule has 3 aliphatic rings. The molecule has 0 amide bonds. The number of hydrogen-bond acceptors (Lipinski definition) is 7. The van der Waals surface area contributed by atoms with Gasteiger partial charge in [0.1, 0.15) is 5.82 Å². The zero-order valence-electron chi connectivity index (χ0n) is 12.9. The maximum absolute atomic E-state index is 5.65. The molecular formula is C15H22N4O3. The van der Waals surface area contributed by atoms with E-state index in [4.69, 9.17) is 14.2 Å². The molecule has 4 heterocycles. The van der Waals surface area contributed by atoms with Gasteiger partial charge in [0.15, 0.2) is 12.1 Å². The van der Waals surface area contributed by atoms with E-state index in [1.54, 1.807) is 0 Å². The quantitative estimate of drug-likeness (QED) is 0.809. The predicted molar refractivity (Wildman–Crippen MR) is 81.2 cm³/mol. The lowest BCUT2D eigenvalue weighted by Crippen LogP contribution is -2.56. The van der Waals surface area contributed by atoms with Crippen molar-refractivity contribution in [3.8, 4) is 0 Å². The summed E-state index contributed by atoms with van der Waals surface area (Å²) in [4.78, 5) is 13.8. The van der Waals surface area contributed by atoms with Crippen LogP contribution in [0, 0.1) is 6.92 Å². The second-order valence-corrected chi connectivity index (χ2v) is 5.95. The molecule has 0 N–H and O–H groups in total. The summed E-state index contributed by atoms with van der Waals surface area (Å²) in [6.07, 6.45) is 2.73. The van der Waals surface area contributed by atoms with Crippen LogP contribution in [0.5, 0.6) is 0 Å². The Bertz CT molecular complexity index is 536. The van der Waals surface area contributed by atoms with Crippen molar-refractivity contribution in [2.45, 2.75) is 25.7 Å². The lowest BCUT2D eigenvalue weighted by Gasteiger charge is -2.45. The SMILES string of the molecule is Cc1ncc2c(n1)N1CCOC[C@H]1CN2CCC1OCCO1. The summed E-state index contributed by atoms with van der Waals surface area (Å²) in [5.74, 6) is 1.86. The zero-order chi connectivity index (χ0) is 14.9. The summed E-state index contributed by atoms with van der Waals surface area (Å²) in [6, 6.07) is 0.362. The van der Waals surface area contributed by atoms with Gasteiger partial charge >= 0.3 is 0 Å². The van der Waals surface area contributed by atoms with Gasteiger partial charge in [-0.1, -0.05) is 0 Å². The summed E-state index contributed by atoms with van der Waals surface area (Å²) in [7, 11) is 0. The number of aryl methyl sites for hydroxylation is 1. The van der Waals surface area contributed by atoms with Crippen molar-refractivity contribution in [3.63, 3.8) is 0 Å². The molecule has 7 heteroatoms. The van der Waals surface area contributed by atoms with Gasteiger partial charge < -0.3 is 24.0 Å². The first-order valence-corrected chi connectivity index (χ1v) is 7.97. The van der Waals surface area contributed by atoms with Crippen LogP contribution in [0.25, 0.3) is 0 Å². The molecule has 0 bridgehead atoms. The summed E-state index contributed by atoms with van der Waals surface area (Å²) in [6.45, 7) is 7.59. The molecule has 0 radical (unpaired) electrons. The molecule has 2 fully saturated rings. The van der Waals surface area contributed by atoms with Gasteiger partial charge in [-0.15, -0.1) is 0 Å². The summed E-state index contributed by atoms with van der Waals surface area (Å²) in [5.41, 5.74) is 1.11. The van der Waals surface area contributed by atoms with E-state index in [1.807, 2.05) is 13.1 Å². The van der Waals surface area contributed by atoms with Crippen LogP contribution in [0.15, 0.2) is 6.20 Å². The molecule has 3 aliphatic heterocycles. The molecule has 0 spiro atoms. The van der Waals surface area contributed by atoms with Crippen LogP contribution in [0.2, 0.25) is 0 Å². The molecule has 4 rings (SSSR count). The molecular weight excluding hydrogens is 284 g/mol. The molecule has 0 aromatic carbocycles. The minimum Gasteiger partial charge on any atom is -0.377 e. The van der Waals surface area contributed by atoms with Gasteiger partial charge in [-0.2, -0.15) is 0 Å². The molecule has 7 nitrogen and oxygen atoms in total. The number of nitrogens with zero attached hydrogens (tertiary/aromatic N) is 4. The van der Waals surface area contributed by atoms with Crippen LogP contribution >= 0.6 is 0 Å². The van der Waals surface area contributed by atoms with Gasteiger partial charge in [-0.05, 0) is 6.92 Å². The minimum absolute atomic E-state index is 0.0737. The monoisotopic (exact) mass is 306 g/mol. The molecule has 0 aliphatic carbocycles. The van der Waals surface area contributed by atoms with Crippen molar-refractivity contribution in [3.05, 3.63) is 12.0 Å². The standard InChI is InChI=1S/C15H22N4O3/c1-11-16-8-13-15(17-11)19-4-5-20-10-12(19)9-18(13)3-2-14-21-6-7-22-14/h8,12,14H,2-7,9-10H2,1H3/t12-/m1/s1. The Labute approximate surface area is 130 Å². The lowest BCUT2D eigenvalue weighted by molar-refractivity contribution is -0.0450. The van der Waals surface area contributed by atoms with Gasteiger partial charge in [-0.25, -0.2) is 9.97 Å². The van der Waals surface area contributed by atoms with Crippen LogP contribution in [-0.2, 0) is 14.2 Å². The smallest absolute Gasteiger partial charge is 0.159 e. The highest BCUT2D eigenvalue weighted by Gasteiger charge is 2.34. The average molecular weight is 306 g/mol. The van der Waals surface area contributed by atoms with Crippen molar-refractivity contribution in [2.75, 3.05) is 55.9 Å². The fraction of sp³-hybridized carbons (Fsp3) is 0.733. The number of rotatable bonds is 3. The van der Waals surface area contributed by atoms with E-state index < -0.39 is 0 Å². The Balaban J connectivity index is 1.56. The van der Waals surface area contributed by atoms with Crippen LogP contribution in [-0.4, -0.2) is 68.4 Å². The first-order chi connectivity index (χ1) is 10.8. The zero-order valence-corrected chi connectivity index (χ0v) is 12.9. The van der Waals surface area contributed by atoms with E-state index in [2.05, 4.69) is 19.8 Å². The first kappa shape index (κ1) is 14.2. The Morgan fingerprint density at radius 1 is 1.27 bits per heavy atom. The summed E-state index contributed by atoms with van der Waals surface area (Å²) >= 11 is 0. The first-order valence-electron chi connectivity index (χ1n) is 7.97. The van der Waals surface area contributed by atoms with Crippen molar-refractivity contribution in [1.29, 1.82) is 0 Å². The third-order valence-corrected chi connectivity index (χ3v) is 4.47. The molecule has 0 saturated carbocycles. The topological polar surface area (TPSA) is 60.0 Å². The summed E-state index contributed by atoms with van der Waals surface area (Å²) < 4.78 is 16.7. The number of anilines is 2. The molecule has 120 valence electrons. The fourth-order valence-electron chi connectivity index (χ4n) is 3.37. The highest BCUT2D eigenvalue weighted by Crippen LogP contribution is 2.34. The molecule has 0 unspecified atom stereocenters. The number of hydrogen-bond donors (Lipinski definition) is 0. The van der Waals surface area contributed by atoms with E-state index in [9.17, 15) is 0 Å². The molecule has 1 aromatic heterocycles. The van der Waals surface area contributed by atoms with Gasteiger partial charge in [0.25, 0.3) is 0 Å². The van der Waals surface area contributed by atoms with Gasteiger partial charge in [0.05, 0.1) is 44.4 Å². The van der Waals surface area contributed by atoms with E-state index in [0.29, 0.717) is 19.3 Å². The van der Waals surface area contributed by atoms with Gasteiger partial charge in [-0.3, -0.25) is 0 Å². The van der Waals surface area contributed by atoms with Crippen molar-refractivity contribution < 1.29 is 14.2 Å². The number of fused-ring (bicyclic) bond motifs is 3. The third kappa shape index (κ3) is 2.64. The van der Waals surface area contributed by atoms with Gasteiger partial charge in [0.2, 0.25) is 0 Å². The van der Waals surface area contributed by atoms with Crippen LogP contribution < -0.4 is 9.80 Å². The Kier molecular flexibility index (Phi) is 3.85. The second-order valence-electron chi connectivity index (χ2n) is 5.95. The van der Waals surface area contributed by atoms with Crippen LogP contribution in [0.4, 0.5) is 11.5 Å². The number of ether oxygens (including phenoxy) is 3. The van der Waals surface area contributed by atoms with Gasteiger partial charge in [0, 0.05) is 26.1 Å². The highest BCUT2D eigenvalue weighted by atomic mass is 16.7. The van der Waals surface area contributed by atoms with Crippen LogP contribution in [0.3, 0.4) is 0 Å². The predicted octanol–water partition coefficient (Wildman–Crippen LogP) is 0.573. The van der Waals surface area contributed by atoms with E-state index in [0.717, 1.165) is 56.6 Å². The van der Waals surface area contributed by atoms with Crippen molar-refractivity contribution >= 4 is 11.5 Å². The van der Waals surface area contributed by atoms with Crippen molar-refractivity contribution in [1.82, 2.24) is 9.97 Å². The molecule has 2 saturated heterocycles. The Morgan fingerprint density at radius 3 is 3.00 bits per heavy atom. The largest absolute Gasteiger partial charge is 0.377 e. The molecule has 1 atom stereocenters. The van der Waals surface area contributed by atoms with Crippen LogP contribution in [0.1, 0.15) is 12.2 Å². The number of morpholine rings is 1. The third-order valence-electron chi connectivity index (χ3n) is 4.47. The second kappa shape index (κ2) is 5.98. The number of aromatic nitrogens is 2. The lowest BCUT2D eigenvalue weighted by atomic mass is 10.1. The minimum atomic E-state index is -0.0737. The maximum Gasteiger partial charge on any atom is 0.159 e. The van der Waals surface area contributed by atoms with E-state index >= 15 is 0 Å². The van der Waals surface area contributed by atoms with E-state index in [1.165, 1.54) is 0 Å². The fourth-order valence-corrected chi connectivity index (χ4v) is 3.37. The Hall–Kier alpha value is -1.44. The summed E-state index contributed by atoms with van der Waals surface area (Å²) in [5, 5.41) is 0. The highest BCUT2D eigenvalue weighted by molar-refractivity contribution is 5.69. The maximum atomic E-state index is 5.65. The van der Waals surface area contributed by atoms with E-state index in [-0.39, 0.29) is 6.29 Å². The molecule has 22 heavy (non-hydrogen) atoms. The Morgan fingerprint density at radius 2 is 2.14 bits per heavy atom. The normalized spacial score (nSPS) is 25.2. The van der Waals surface area contributed by atoms with Crippen molar-refractivity contribution in [2.24, 2.45) is 0 Å². The average Bonchev–Trinajstić information content (AvgIpc) is 3.06.